The van der Waals surface area contributed by atoms with E-state index in [1.165, 1.54) is 22.9 Å². The maximum Gasteiger partial charge on any atom is 0.255 e. The maximum absolute atomic E-state index is 15.3. The molecule has 2 aromatic carbocycles. The van der Waals surface area contributed by atoms with E-state index in [9.17, 15) is 23.6 Å². The van der Waals surface area contributed by atoms with Crippen LogP contribution in [0.3, 0.4) is 0 Å². The summed E-state index contributed by atoms with van der Waals surface area (Å²) < 4.78 is 31.7. The molecule has 4 N–H and O–H groups in total. The Bertz CT molecular complexity index is 2190. The zero-order valence-electron chi connectivity index (χ0n) is 32.5. The molecule has 3 amide bonds. The molecule has 2 aliphatic carbocycles. The molecule has 4 aliphatic rings. The molecule has 58 heavy (non-hydrogen) atoms. The van der Waals surface area contributed by atoms with Gasteiger partial charge in [-0.25, -0.2) is 18.7 Å². The van der Waals surface area contributed by atoms with E-state index < -0.39 is 11.9 Å². The molecule has 4 fully saturated rings. The number of halogens is 2. The second-order valence-electron chi connectivity index (χ2n) is 16.3. The van der Waals surface area contributed by atoms with Gasteiger partial charge >= 0.3 is 0 Å². The highest BCUT2D eigenvalue weighted by atomic mass is 19.1. The minimum atomic E-state index is -0.551. The summed E-state index contributed by atoms with van der Waals surface area (Å²) in [6, 6.07) is 17.2. The molecular formula is C44H50F2N8O4. The fraction of sp³-hybridized carbons (Fsp3) is 0.455. The van der Waals surface area contributed by atoms with Gasteiger partial charge in [0.25, 0.3) is 5.56 Å². The Morgan fingerprint density at radius 1 is 0.776 bits per heavy atom. The Hall–Kier alpha value is -5.50. The molecule has 0 spiro atoms. The van der Waals surface area contributed by atoms with Gasteiger partial charge in [-0.1, -0.05) is 24.3 Å². The van der Waals surface area contributed by atoms with Crippen molar-refractivity contribution in [2.45, 2.75) is 107 Å². The Morgan fingerprint density at radius 2 is 1.55 bits per heavy atom. The predicted molar refractivity (Wildman–Crippen MR) is 216 cm³/mol. The lowest BCUT2D eigenvalue weighted by molar-refractivity contribution is -0.133. The molecule has 2 aromatic heterocycles. The van der Waals surface area contributed by atoms with Crippen LogP contribution in [0.1, 0.15) is 88.5 Å². The van der Waals surface area contributed by atoms with E-state index in [2.05, 4.69) is 36.1 Å². The summed E-state index contributed by atoms with van der Waals surface area (Å²) in [6.07, 6.45) is 12.2. The van der Waals surface area contributed by atoms with Crippen LogP contribution in [0.5, 0.6) is 0 Å². The number of hydrogen-bond acceptors (Lipinski definition) is 9. The van der Waals surface area contributed by atoms with E-state index >= 15 is 4.39 Å². The number of rotatable bonds is 10. The molecule has 1 unspecified atom stereocenters. The Balaban J connectivity index is 0.760. The average Bonchev–Trinajstić information content (AvgIpc) is 3.24. The lowest BCUT2D eigenvalue weighted by Crippen LogP contribution is -2.47. The van der Waals surface area contributed by atoms with E-state index in [-0.39, 0.29) is 65.1 Å². The first-order valence-electron chi connectivity index (χ1n) is 20.7. The molecule has 0 radical (unpaired) electrons. The number of anilines is 2. The van der Waals surface area contributed by atoms with Gasteiger partial charge in [-0.3, -0.25) is 29.1 Å². The van der Waals surface area contributed by atoms with Crippen LogP contribution < -0.4 is 26.8 Å². The number of carbonyl (C=O) groups excluding carboxylic acids is 3. The summed E-state index contributed by atoms with van der Waals surface area (Å²) in [4.78, 5) is 60.5. The number of aromatic nitrogens is 3. The molecule has 4 aromatic rings. The topological polar surface area (TPSA) is 150 Å². The second kappa shape index (κ2) is 17.6. The number of piperidine rings is 2. The van der Waals surface area contributed by atoms with Crippen molar-refractivity contribution in [2.75, 3.05) is 23.7 Å². The summed E-state index contributed by atoms with van der Waals surface area (Å²) >= 11 is 0. The number of nitrogens with zero attached hydrogens (tertiary/aromatic N) is 4. The monoisotopic (exact) mass is 792 g/mol. The summed E-state index contributed by atoms with van der Waals surface area (Å²) in [7, 11) is 0. The van der Waals surface area contributed by atoms with Crippen molar-refractivity contribution in [3.63, 3.8) is 0 Å². The third-order valence-electron chi connectivity index (χ3n) is 12.5. The molecule has 2 saturated carbocycles. The van der Waals surface area contributed by atoms with Crippen LogP contribution in [0.4, 0.5) is 20.4 Å². The highest BCUT2D eigenvalue weighted by Crippen LogP contribution is 2.36. The SMILES string of the molecule is O=C1CCC(Nc2ccc(C3CCN(C4CCC(C(=O)NC5CCC(Nc6ncc(F)c(-c7cccc(-n8ccccc8=O)c7)n6)CC5)CC4)CC3)c(F)c2)C(=O)N1. The number of imide groups is 1. The molecule has 304 valence electrons. The molecule has 4 heterocycles. The van der Waals surface area contributed by atoms with E-state index in [1.807, 2.05) is 12.1 Å². The van der Waals surface area contributed by atoms with Gasteiger partial charge < -0.3 is 20.9 Å². The van der Waals surface area contributed by atoms with Gasteiger partial charge in [-0.15, -0.1) is 0 Å². The van der Waals surface area contributed by atoms with Crippen LogP contribution >= 0.6 is 0 Å². The number of carbonyl (C=O) groups is 3. The van der Waals surface area contributed by atoms with E-state index in [4.69, 9.17) is 0 Å². The molecular weight excluding hydrogens is 743 g/mol. The summed E-state index contributed by atoms with van der Waals surface area (Å²) in [5.74, 6) is -0.854. The van der Waals surface area contributed by atoms with Crippen LogP contribution in [0.15, 0.2) is 77.9 Å². The lowest BCUT2D eigenvalue weighted by Gasteiger charge is -2.41. The smallest absolute Gasteiger partial charge is 0.255 e. The Morgan fingerprint density at radius 3 is 2.29 bits per heavy atom. The number of benzene rings is 2. The third-order valence-corrected chi connectivity index (χ3v) is 12.5. The highest BCUT2D eigenvalue weighted by molar-refractivity contribution is 6.01. The van der Waals surface area contributed by atoms with Gasteiger partial charge in [-0.2, -0.15) is 0 Å². The van der Waals surface area contributed by atoms with Gasteiger partial charge in [0.1, 0.15) is 17.6 Å². The lowest BCUT2D eigenvalue weighted by atomic mass is 9.82. The minimum absolute atomic E-state index is 0.0103. The molecule has 1 atom stereocenters. The first-order valence-corrected chi connectivity index (χ1v) is 20.7. The quantitative estimate of drug-likeness (QED) is 0.141. The van der Waals surface area contributed by atoms with E-state index in [0.717, 1.165) is 77.3 Å². The van der Waals surface area contributed by atoms with Crippen LogP contribution in [0.2, 0.25) is 0 Å². The summed E-state index contributed by atoms with van der Waals surface area (Å²) in [6.45, 7) is 1.79. The van der Waals surface area contributed by atoms with Crippen molar-refractivity contribution in [2.24, 2.45) is 5.92 Å². The fourth-order valence-corrected chi connectivity index (χ4v) is 9.23. The van der Waals surface area contributed by atoms with Crippen LogP contribution in [0.25, 0.3) is 16.9 Å². The van der Waals surface area contributed by atoms with Crippen molar-refractivity contribution >= 4 is 29.4 Å². The van der Waals surface area contributed by atoms with Gasteiger partial charge in [0, 0.05) is 59.7 Å². The Labute approximate surface area is 336 Å². The van der Waals surface area contributed by atoms with Crippen molar-refractivity contribution in [1.82, 2.24) is 30.1 Å². The number of nitrogens with one attached hydrogen (secondary N) is 4. The number of likely N-dealkylation sites (tertiary alicyclic amines) is 1. The van der Waals surface area contributed by atoms with Gasteiger partial charge in [-0.05, 0) is 126 Å². The van der Waals surface area contributed by atoms with Crippen molar-refractivity contribution < 1.29 is 23.2 Å². The van der Waals surface area contributed by atoms with Crippen molar-refractivity contribution in [3.8, 4) is 16.9 Å². The second-order valence-corrected chi connectivity index (χ2v) is 16.3. The highest BCUT2D eigenvalue weighted by Gasteiger charge is 2.34. The number of pyridine rings is 1. The molecule has 0 bridgehead atoms. The van der Waals surface area contributed by atoms with Gasteiger partial charge in [0.15, 0.2) is 5.82 Å². The largest absolute Gasteiger partial charge is 0.374 e. The van der Waals surface area contributed by atoms with Gasteiger partial charge in [0.05, 0.1) is 6.20 Å². The minimum Gasteiger partial charge on any atom is -0.374 e. The number of hydrogen-bond donors (Lipinski definition) is 4. The first-order chi connectivity index (χ1) is 28.2. The summed E-state index contributed by atoms with van der Waals surface area (Å²) in [5, 5.41) is 12.1. The molecule has 12 nitrogen and oxygen atoms in total. The summed E-state index contributed by atoms with van der Waals surface area (Å²) in [5.41, 5.74) is 2.37. The molecule has 2 saturated heterocycles. The molecule has 14 heteroatoms. The average molecular weight is 793 g/mol. The molecule has 8 rings (SSSR count). The van der Waals surface area contributed by atoms with E-state index in [1.54, 1.807) is 42.6 Å². The maximum atomic E-state index is 15.3. The van der Waals surface area contributed by atoms with E-state index in [0.29, 0.717) is 40.9 Å². The van der Waals surface area contributed by atoms with Crippen LogP contribution in [-0.4, -0.2) is 74.4 Å². The van der Waals surface area contributed by atoms with Crippen LogP contribution in [0, 0.1) is 17.6 Å². The predicted octanol–water partition coefficient (Wildman–Crippen LogP) is 6.07. The zero-order valence-corrected chi connectivity index (χ0v) is 32.5. The van der Waals surface area contributed by atoms with Crippen molar-refractivity contribution in [1.29, 1.82) is 0 Å². The molecule has 2 aliphatic heterocycles. The standard InChI is InChI=1S/C44H50F2N8O4/c45-36-25-32(48-38-17-18-39(55)51-43(38)58)13-16-35(36)27-19-22-53(23-20-27)33-14-7-28(8-15-33)42(57)49-30-9-11-31(12-10-30)50-44-47-26-37(46)41(52-44)29-4-3-5-34(24-29)54-21-2-1-6-40(54)56/h1-6,13,16,21,24-28,30-31,33,38,48H,7-12,14-15,17-20,22-23H2,(H,49,57)(H,47,50,52)(H,51,55,58). The fourth-order valence-electron chi connectivity index (χ4n) is 9.23. The van der Waals surface area contributed by atoms with Crippen molar-refractivity contribution in [3.05, 3.63) is 101 Å². The normalized spacial score (nSPS) is 24.5. The van der Waals surface area contributed by atoms with Gasteiger partial charge in [0.2, 0.25) is 23.7 Å². The third kappa shape index (κ3) is 9.12. The van der Waals surface area contributed by atoms with Crippen LogP contribution in [-0.2, 0) is 14.4 Å². The zero-order chi connectivity index (χ0) is 40.2. The Kier molecular flexibility index (Phi) is 11.9. The first kappa shape index (κ1) is 39.3. The number of amides is 3.